The van der Waals surface area contributed by atoms with Gasteiger partial charge < -0.3 is 5.73 Å². The molecule has 2 fully saturated rings. The minimum Gasteiger partial charge on any atom is -0.327 e. The van der Waals surface area contributed by atoms with Gasteiger partial charge in [0.05, 0.1) is 0 Å². The number of nitrogens with two attached hydrogens (primary N) is 1. The molecule has 0 radical (unpaired) electrons. The van der Waals surface area contributed by atoms with Crippen molar-refractivity contribution in [3.8, 4) is 0 Å². The minimum absolute atomic E-state index is 0.515. The highest BCUT2D eigenvalue weighted by Gasteiger charge is 2.23. The molecule has 2 N–H and O–H groups in total. The van der Waals surface area contributed by atoms with Crippen LogP contribution in [0.5, 0.6) is 0 Å². The van der Waals surface area contributed by atoms with E-state index in [1.165, 1.54) is 77.0 Å². The minimum atomic E-state index is 0.515. The van der Waals surface area contributed by atoms with Crippen molar-refractivity contribution in [1.29, 1.82) is 0 Å². The smallest absolute Gasteiger partial charge is 0.00697 e. The first-order valence-corrected chi connectivity index (χ1v) is 7.62. The van der Waals surface area contributed by atoms with Gasteiger partial charge in [0.15, 0.2) is 0 Å². The van der Waals surface area contributed by atoms with Crippen LogP contribution in [0, 0.1) is 11.8 Å². The second-order valence-electron chi connectivity index (χ2n) is 6.16. The molecule has 2 rings (SSSR count). The molecule has 0 aromatic rings. The zero-order valence-corrected chi connectivity index (χ0v) is 10.8. The highest BCUT2D eigenvalue weighted by molar-refractivity contribution is 4.79. The van der Waals surface area contributed by atoms with Crippen molar-refractivity contribution in [3.63, 3.8) is 0 Å². The standard InChI is InChI=1S/C15H29N/c16-15(12-13-8-4-3-5-9-13)14-10-6-1-2-7-11-14/h13-15H,1-12,16H2. The van der Waals surface area contributed by atoms with Gasteiger partial charge in [0.25, 0.3) is 0 Å². The average molecular weight is 223 g/mol. The number of hydrogen-bond acceptors (Lipinski definition) is 1. The van der Waals surface area contributed by atoms with E-state index in [2.05, 4.69) is 0 Å². The van der Waals surface area contributed by atoms with Crippen LogP contribution in [0.4, 0.5) is 0 Å². The summed E-state index contributed by atoms with van der Waals surface area (Å²) in [6.45, 7) is 0. The first-order chi connectivity index (χ1) is 7.86. The Kier molecular flexibility index (Phi) is 5.15. The van der Waals surface area contributed by atoms with Crippen LogP contribution in [0.25, 0.3) is 0 Å². The summed E-state index contributed by atoms with van der Waals surface area (Å²) >= 11 is 0. The fourth-order valence-electron chi connectivity index (χ4n) is 3.74. The van der Waals surface area contributed by atoms with Crippen molar-refractivity contribution in [2.45, 2.75) is 83.1 Å². The van der Waals surface area contributed by atoms with Crippen LogP contribution >= 0.6 is 0 Å². The van der Waals surface area contributed by atoms with Gasteiger partial charge in [0.2, 0.25) is 0 Å². The molecule has 1 heteroatoms. The topological polar surface area (TPSA) is 26.0 Å². The second kappa shape index (κ2) is 6.64. The molecule has 1 nitrogen and oxygen atoms in total. The van der Waals surface area contributed by atoms with Gasteiger partial charge in [-0.2, -0.15) is 0 Å². The summed E-state index contributed by atoms with van der Waals surface area (Å²) < 4.78 is 0. The maximum atomic E-state index is 6.45. The maximum Gasteiger partial charge on any atom is 0.00697 e. The van der Waals surface area contributed by atoms with Crippen LogP contribution in [0.3, 0.4) is 0 Å². The summed E-state index contributed by atoms with van der Waals surface area (Å²) in [5.41, 5.74) is 6.45. The van der Waals surface area contributed by atoms with E-state index >= 15 is 0 Å². The quantitative estimate of drug-likeness (QED) is 0.711. The Balaban J connectivity index is 1.74. The van der Waals surface area contributed by atoms with Crippen LogP contribution in [0.1, 0.15) is 77.0 Å². The van der Waals surface area contributed by atoms with E-state index in [1.54, 1.807) is 0 Å². The van der Waals surface area contributed by atoms with Crippen molar-refractivity contribution < 1.29 is 0 Å². The normalized spacial score (nSPS) is 27.6. The summed E-state index contributed by atoms with van der Waals surface area (Å²) in [7, 11) is 0. The summed E-state index contributed by atoms with van der Waals surface area (Å²) in [5.74, 6) is 1.82. The molecule has 0 aromatic carbocycles. The predicted octanol–water partition coefficient (Wildman–Crippen LogP) is 4.25. The molecule has 0 aliphatic heterocycles. The van der Waals surface area contributed by atoms with E-state index < -0.39 is 0 Å². The van der Waals surface area contributed by atoms with Gasteiger partial charge in [-0.15, -0.1) is 0 Å². The van der Waals surface area contributed by atoms with Crippen LogP contribution in [-0.2, 0) is 0 Å². The lowest BCUT2D eigenvalue weighted by Crippen LogP contribution is -2.32. The molecule has 0 aromatic heterocycles. The van der Waals surface area contributed by atoms with Gasteiger partial charge in [-0.3, -0.25) is 0 Å². The molecular weight excluding hydrogens is 194 g/mol. The summed E-state index contributed by atoms with van der Waals surface area (Å²) in [6.07, 6.45) is 17.2. The fraction of sp³-hybridized carbons (Fsp3) is 1.00. The third-order valence-electron chi connectivity index (χ3n) is 4.84. The van der Waals surface area contributed by atoms with E-state index in [1.807, 2.05) is 0 Å². The molecule has 0 saturated heterocycles. The van der Waals surface area contributed by atoms with E-state index in [0.717, 1.165) is 11.8 Å². The Morgan fingerprint density at radius 2 is 1.25 bits per heavy atom. The number of hydrogen-bond donors (Lipinski definition) is 1. The van der Waals surface area contributed by atoms with Crippen molar-refractivity contribution >= 4 is 0 Å². The Morgan fingerprint density at radius 1 is 0.750 bits per heavy atom. The molecule has 2 saturated carbocycles. The SMILES string of the molecule is NC(CC1CCCCC1)C1CCCCCC1. The second-order valence-corrected chi connectivity index (χ2v) is 6.16. The lowest BCUT2D eigenvalue weighted by molar-refractivity contribution is 0.266. The molecule has 16 heavy (non-hydrogen) atoms. The fourth-order valence-corrected chi connectivity index (χ4v) is 3.74. The van der Waals surface area contributed by atoms with Gasteiger partial charge in [0.1, 0.15) is 0 Å². The Morgan fingerprint density at radius 3 is 1.88 bits per heavy atom. The summed E-state index contributed by atoms with van der Waals surface area (Å²) in [5, 5.41) is 0. The third kappa shape index (κ3) is 3.76. The monoisotopic (exact) mass is 223 g/mol. The zero-order chi connectivity index (χ0) is 11.2. The van der Waals surface area contributed by atoms with Crippen LogP contribution < -0.4 is 5.73 Å². The Hall–Kier alpha value is -0.0400. The molecule has 0 heterocycles. The average Bonchev–Trinajstić information content (AvgIpc) is 2.59. The molecular formula is C15H29N. The van der Waals surface area contributed by atoms with E-state index in [9.17, 15) is 0 Å². The highest BCUT2D eigenvalue weighted by atomic mass is 14.7. The molecule has 2 aliphatic rings. The van der Waals surface area contributed by atoms with Crippen LogP contribution in [-0.4, -0.2) is 6.04 Å². The third-order valence-corrected chi connectivity index (χ3v) is 4.84. The Bertz CT molecular complexity index is 176. The van der Waals surface area contributed by atoms with Crippen molar-refractivity contribution in [2.75, 3.05) is 0 Å². The number of rotatable bonds is 3. The van der Waals surface area contributed by atoms with E-state index in [-0.39, 0.29) is 0 Å². The van der Waals surface area contributed by atoms with E-state index in [4.69, 9.17) is 5.73 Å². The zero-order valence-electron chi connectivity index (χ0n) is 10.8. The molecule has 1 atom stereocenters. The van der Waals surface area contributed by atoms with Crippen molar-refractivity contribution in [3.05, 3.63) is 0 Å². The van der Waals surface area contributed by atoms with Gasteiger partial charge in [0, 0.05) is 6.04 Å². The molecule has 0 spiro atoms. The molecule has 1 unspecified atom stereocenters. The molecule has 0 amide bonds. The van der Waals surface area contributed by atoms with E-state index in [0.29, 0.717) is 6.04 Å². The summed E-state index contributed by atoms with van der Waals surface area (Å²) in [6, 6.07) is 0.515. The van der Waals surface area contributed by atoms with Gasteiger partial charge in [-0.05, 0) is 31.1 Å². The highest BCUT2D eigenvalue weighted by Crippen LogP contribution is 2.32. The largest absolute Gasteiger partial charge is 0.327 e. The molecule has 0 bridgehead atoms. The van der Waals surface area contributed by atoms with Crippen molar-refractivity contribution in [2.24, 2.45) is 17.6 Å². The molecule has 2 aliphatic carbocycles. The summed E-state index contributed by atoms with van der Waals surface area (Å²) in [4.78, 5) is 0. The first kappa shape index (κ1) is 12.4. The van der Waals surface area contributed by atoms with Gasteiger partial charge in [-0.25, -0.2) is 0 Å². The van der Waals surface area contributed by atoms with Gasteiger partial charge >= 0.3 is 0 Å². The molecule has 94 valence electrons. The lowest BCUT2D eigenvalue weighted by Gasteiger charge is -2.29. The van der Waals surface area contributed by atoms with Gasteiger partial charge in [-0.1, -0.05) is 57.8 Å². The van der Waals surface area contributed by atoms with Crippen LogP contribution in [0.2, 0.25) is 0 Å². The van der Waals surface area contributed by atoms with Crippen molar-refractivity contribution in [1.82, 2.24) is 0 Å². The predicted molar refractivity (Wildman–Crippen MR) is 70.4 cm³/mol. The maximum absolute atomic E-state index is 6.45. The Labute approximate surface area is 101 Å². The lowest BCUT2D eigenvalue weighted by atomic mass is 9.80. The van der Waals surface area contributed by atoms with Crippen LogP contribution in [0.15, 0.2) is 0 Å². The first-order valence-electron chi connectivity index (χ1n) is 7.62.